The highest BCUT2D eigenvalue weighted by atomic mass is 16.5. The average molecular weight is 467 g/mol. The third-order valence-corrected chi connectivity index (χ3v) is 5.84. The van der Waals surface area contributed by atoms with Crippen molar-refractivity contribution in [3.8, 4) is 23.7 Å². The fraction of sp³-hybridized carbons (Fsp3) is 0.207. The first-order valence-electron chi connectivity index (χ1n) is 11.4. The largest absolute Gasteiger partial charge is 0.504 e. The molecule has 0 bridgehead atoms. The number of hydrogen-bond acceptors (Lipinski definition) is 5. The van der Waals surface area contributed by atoms with Crippen LogP contribution in [0.4, 0.5) is 5.69 Å². The molecule has 1 saturated heterocycles. The zero-order valence-electron chi connectivity index (χ0n) is 19.3. The van der Waals surface area contributed by atoms with E-state index in [0.717, 1.165) is 29.7 Å². The van der Waals surface area contributed by atoms with Gasteiger partial charge in [-0.15, -0.1) is 0 Å². The first-order valence-corrected chi connectivity index (χ1v) is 11.4. The molecule has 2 aromatic rings. The molecule has 0 spiro atoms. The van der Waals surface area contributed by atoms with Crippen LogP contribution in [0.25, 0.3) is 0 Å². The number of aliphatic hydroxyl groups excluding tert-OH is 2. The fourth-order valence-electron chi connectivity index (χ4n) is 3.85. The summed E-state index contributed by atoms with van der Waals surface area (Å²) in [6.45, 7) is 4.76. The van der Waals surface area contributed by atoms with Crippen molar-refractivity contribution in [3.05, 3.63) is 101 Å². The lowest BCUT2D eigenvalue weighted by Crippen LogP contribution is -2.37. The van der Waals surface area contributed by atoms with Crippen molar-refractivity contribution in [2.45, 2.75) is 18.9 Å². The number of carbonyl (C=O) groups is 1. The van der Waals surface area contributed by atoms with E-state index in [-0.39, 0.29) is 24.3 Å². The summed E-state index contributed by atoms with van der Waals surface area (Å²) in [5, 5.41) is 22.6. The molecule has 176 valence electrons. The smallest absolute Gasteiger partial charge is 0.254 e. The molecule has 35 heavy (non-hydrogen) atoms. The highest BCUT2D eigenvalue weighted by molar-refractivity contribution is 5.94. The number of carbonyl (C=O) groups excluding carboxylic acids is 1. The SMILES string of the molecule is C=C1C=COC(CNc2ccc(C#CC#Cc3ccc(C(=O)N4CCC[C@H]4CO)cc3)cc2)=C1O. The van der Waals surface area contributed by atoms with Gasteiger partial charge in [-0.05, 0) is 79.3 Å². The lowest BCUT2D eigenvalue weighted by molar-refractivity contribution is 0.0677. The van der Waals surface area contributed by atoms with Crippen molar-refractivity contribution in [3.63, 3.8) is 0 Å². The maximum atomic E-state index is 12.6. The van der Waals surface area contributed by atoms with E-state index in [2.05, 4.69) is 35.6 Å². The number of benzene rings is 2. The molecule has 2 aromatic carbocycles. The Morgan fingerprint density at radius 1 is 1.09 bits per heavy atom. The van der Waals surface area contributed by atoms with Crippen molar-refractivity contribution in [2.75, 3.05) is 25.0 Å². The summed E-state index contributed by atoms with van der Waals surface area (Å²) in [5.41, 5.74) is 3.57. The molecule has 0 unspecified atom stereocenters. The van der Waals surface area contributed by atoms with Gasteiger partial charge in [0.15, 0.2) is 11.5 Å². The van der Waals surface area contributed by atoms with Crippen LogP contribution in [-0.4, -0.2) is 46.8 Å². The number of aliphatic hydroxyl groups is 2. The fourth-order valence-corrected chi connectivity index (χ4v) is 3.85. The van der Waals surface area contributed by atoms with Gasteiger partial charge < -0.3 is 25.2 Å². The van der Waals surface area contributed by atoms with E-state index in [1.165, 1.54) is 6.26 Å². The number of nitrogens with one attached hydrogen (secondary N) is 1. The van der Waals surface area contributed by atoms with Crippen molar-refractivity contribution in [1.82, 2.24) is 4.90 Å². The van der Waals surface area contributed by atoms with E-state index in [1.54, 1.807) is 35.2 Å². The molecule has 0 aromatic heterocycles. The van der Waals surface area contributed by atoms with Crippen molar-refractivity contribution in [1.29, 1.82) is 0 Å². The number of rotatable bonds is 5. The predicted octanol–water partition coefficient (Wildman–Crippen LogP) is 3.97. The predicted molar refractivity (Wildman–Crippen MR) is 135 cm³/mol. The van der Waals surface area contributed by atoms with Gasteiger partial charge in [0.25, 0.3) is 5.91 Å². The maximum absolute atomic E-state index is 12.6. The van der Waals surface area contributed by atoms with Gasteiger partial charge in [-0.3, -0.25) is 4.79 Å². The molecule has 0 aliphatic carbocycles. The number of likely N-dealkylation sites (tertiary alicyclic amines) is 1. The lowest BCUT2D eigenvalue weighted by atomic mass is 10.1. The third-order valence-electron chi connectivity index (χ3n) is 5.84. The number of anilines is 1. The summed E-state index contributed by atoms with van der Waals surface area (Å²) in [7, 11) is 0. The molecule has 1 fully saturated rings. The zero-order valence-corrected chi connectivity index (χ0v) is 19.3. The summed E-state index contributed by atoms with van der Waals surface area (Å²) in [6.07, 6.45) is 4.86. The van der Waals surface area contributed by atoms with E-state index in [9.17, 15) is 15.0 Å². The van der Waals surface area contributed by atoms with Gasteiger partial charge in [-0.25, -0.2) is 0 Å². The molecular formula is C29H26N2O4. The second-order valence-electron chi connectivity index (χ2n) is 8.20. The first-order chi connectivity index (χ1) is 17.0. The number of amides is 1. The third kappa shape index (κ3) is 5.95. The standard InChI is InChI=1S/C29H26N2O4/c1-21-16-18-35-27(28(21)33)19-30-25-14-10-23(11-15-25)6-3-2-5-22-8-12-24(13-9-22)29(34)31-17-4-7-26(31)20-32/h8-16,18,26,30,32-33H,1,4,7,17,19-20H2/t26-/m0/s1. The summed E-state index contributed by atoms with van der Waals surface area (Å²) in [4.78, 5) is 14.4. The summed E-state index contributed by atoms with van der Waals surface area (Å²) < 4.78 is 5.32. The Balaban J connectivity index is 1.31. The van der Waals surface area contributed by atoms with Crippen LogP contribution in [-0.2, 0) is 4.74 Å². The molecule has 0 radical (unpaired) electrons. The van der Waals surface area contributed by atoms with E-state index in [4.69, 9.17) is 4.74 Å². The van der Waals surface area contributed by atoms with Crippen LogP contribution in [0.1, 0.15) is 34.3 Å². The molecule has 0 saturated carbocycles. The van der Waals surface area contributed by atoms with Crippen LogP contribution in [0.3, 0.4) is 0 Å². The second kappa shape index (κ2) is 11.2. The molecular weight excluding hydrogens is 440 g/mol. The Morgan fingerprint density at radius 2 is 1.74 bits per heavy atom. The van der Waals surface area contributed by atoms with Crippen molar-refractivity contribution >= 4 is 11.6 Å². The topological polar surface area (TPSA) is 82.0 Å². The highest BCUT2D eigenvalue weighted by Gasteiger charge is 2.28. The van der Waals surface area contributed by atoms with Crippen LogP contribution in [0.5, 0.6) is 0 Å². The molecule has 6 heteroatoms. The van der Waals surface area contributed by atoms with Gasteiger partial charge in [-0.2, -0.15) is 0 Å². The van der Waals surface area contributed by atoms with E-state index < -0.39 is 0 Å². The van der Waals surface area contributed by atoms with Crippen molar-refractivity contribution < 1.29 is 19.7 Å². The van der Waals surface area contributed by atoms with Gasteiger partial charge >= 0.3 is 0 Å². The molecule has 2 aliphatic heterocycles. The molecule has 6 nitrogen and oxygen atoms in total. The zero-order chi connectivity index (χ0) is 24.6. The van der Waals surface area contributed by atoms with E-state index in [0.29, 0.717) is 30.0 Å². The lowest BCUT2D eigenvalue weighted by Gasteiger charge is -2.23. The monoisotopic (exact) mass is 466 g/mol. The van der Waals surface area contributed by atoms with Gasteiger partial charge in [0.1, 0.15) is 0 Å². The van der Waals surface area contributed by atoms with Gasteiger partial charge in [0.2, 0.25) is 0 Å². The van der Waals surface area contributed by atoms with Crippen LogP contribution in [0.2, 0.25) is 0 Å². The molecule has 2 aliphatic rings. The minimum atomic E-state index is -0.0864. The van der Waals surface area contributed by atoms with Crippen molar-refractivity contribution in [2.24, 2.45) is 0 Å². The normalized spacial score (nSPS) is 16.7. The quantitative estimate of drug-likeness (QED) is 0.581. The Labute approximate surface area is 205 Å². The van der Waals surface area contributed by atoms with Crippen LogP contribution in [0.15, 0.2) is 84.5 Å². The van der Waals surface area contributed by atoms with E-state index in [1.807, 2.05) is 24.3 Å². The van der Waals surface area contributed by atoms with Crippen LogP contribution >= 0.6 is 0 Å². The minimum Gasteiger partial charge on any atom is -0.504 e. The number of ether oxygens (including phenoxy) is 1. The van der Waals surface area contributed by atoms with Gasteiger partial charge in [0, 0.05) is 34.5 Å². The minimum absolute atomic E-state index is 0.000687. The van der Waals surface area contributed by atoms with Crippen LogP contribution < -0.4 is 5.32 Å². The first kappa shape index (κ1) is 23.8. The summed E-state index contributed by atoms with van der Waals surface area (Å²) in [5.74, 6) is 12.1. The molecule has 4 rings (SSSR count). The molecule has 1 atom stereocenters. The van der Waals surface area contributed by atoms with E-state index >= 15 is 0 Å². The Kier molecular flexibility index (Phi) is 7.57. The number of allylic oxidation sites excluding steroid dienone is 1. The Hall–Kier alpha value is -4.39. The number of nitrogens with zero attached hydrogens (tertiary/aromatic N) is 1. The van der Waals surface area contributed by atoms with Crippen LogP contribution in [0, 0.1) is 23.7 Å². The Morgan fingerprint density at radius 3 is 2.40 bits per heavy atom. The summed E-state index contributed by atoms with van der Waals surface area (Å²) in [6, 6.07) is 14.6. The second-order valence-corrected chi connectivity index (χ2v) is 8.20. The summed E-state index contributed by atoms with van der Waals surface area (Å²) >= 11 is 0. The average Bonchev–Trinajstić information content (AvgIpc) is 3.37. The molecule has 3 N–H and O–H groups in total. The Bertz CT molecular complexity index is 1280. The highest BCUT2D eigenvalue weighted by Crippen LogP contribution is 2.21. The molecule has 1 amide bonds. The molecule has 2 heterocycles. The number of hydrogen-bond donors (Lipinski definition) is 3. The van der Waals surface area contributed by atoms with Gasteiger partial charge in [0.05, 0.1) is 25.5 Å². The van der Waals surface area contributed by atoms with Gasteiger partial charge in [-0.1, -0.05) is 18.4 Å². The maximum Gasteiger partial charge on any atom is 0.254 e.